The molecule has 3 heterocycles. The zero-order chi connectivity index (χ0) is 33.7. The lowest BCUT2D eigenvalue weighted by Gasteiger charge is -2.45. The van der Waals surface area contributed by atoms with Crippen LogP contribution in [0.4, 0.5) is 10.5 Å². The normalized spacial score (nSPS) is 21.8. The van der Waals surface area contributed by atoms with E-state index in [9.17, 15) is 14.7 Å². The van der Waals surface area contributed by atoms with Gasteiger partial charge in [0, 0.05) is 49.4 Å². The molecule has 0 radical (unpaired) electrons. The highest BCUT2D eigenvalue weighted by Crippen LogP contribution is 2.47. The van der Waals surface area contributed by atoms with Crippen molar-refractivity contribution in [2.24, 2.45) is 0 Å². The second kappa shape index (κ2) is 14.8. The highest BCUT2D eigenvalue weighted by atomic mass is 16.7. The number of aliphatic hydroxyl groups excluding tert-OH is 1. The molecule has 2 aliphatic rings. The SMILES string of the molecule is CCNC(=O)Nc1cccc(C2OC(CN3CCC(n4c(=O)[nH]c5ccccc54)CC3)C(c3ccccc3)C(c3ccc(CO)cc3)O2)c1. The molecule has 4 aromatic carbocycles. The van der Waals surface area contributed by atoms with Crippen molar-refractivity contribution >= 4 is 22.8 Å². The number of aromatic amines is 1. The van der Waals surface area contributed by atoms with Crippen molar-refractivity contribution in [3.63, 3.8) is 0 Å². The van der Waals surface area contributed by atoms with Gasteiger partial charge in [-0.1, -0.05) is 78.9 Å². The van der Waals surface area contributed by atoms with E-state index in [1.165, 1.54) is 0 Å². The number of ether oxygens (including phenoxy) is 2. The quantitative estimate of drug-likeness (QED) is 0.149. The van der Waals surface area contributed by atoms with Crippen LogP contribution in [0.15, 0.2) is 108 Å². The Hall–Kier alpha value is -4.74. The average molecular weight is 662 g/mol. The molecule has 0 aliphatic carbocycles. The third kappa shape index (κ3) is 7.18. The number of para-hydroxylation sites is 2. The standard InChI is InChI=1S/C39H43N5O5/c1-2-40-38(46)41-30-12-8-11-29(23-30)37-48-34(24-43-21-19-31(20-22-43)44-33-14-7-6-13-32(33)42-39(44)47)35(27-9-4-3-5-10-27)36(49-37)28-17-15-26(25-45)16-18-28/h3-18,23,31,34-37,45H,2,19-22,24-25H2,1H3,(H,42,47)(H2,40,41,46). The Morgan fingerprint density at radius 2 is 1.61 bits per heavy atom. The largest absolute Gasteiger partial charge is 0.392 e. The van der Waals surface area contributed by atoms with E-state index in [4.69, 9.17) is 9.47 Å². The third-order valence-corrected chi connectivity index (χ3v) is 9.71. The summed E-state index contributed by atoms with van der Waals surface area (Å²) in [6.07, 6.45) is 0.427. The number of H-pyrrole nitrogens is 1. The molecule has 0 bridgehead atoms. The Bertz CT molecular complexity index is 1920. The molecule has 254 valence electrons. The number of aromatic nitrogens is 2. The molecule has 4 atom stereocenters. The van der Waals surface area contributed by atoms with Gasteiger partial charge in [-0.25, -0.2) is 9.59 Å². The Balaban J connectivity index is 1.18. The summed E-state index contributed by atoms with van der Waals surface area (Å²) in [5, 5.41) is 15.4. The zero-order valence-corrected chi connectivity index (χ0v) is 27.6. The number of carbonyl (C=O) groups is 1. The first-order chi connectivity index (χ1) is 24.0. The van der Waals surface area contributed by atoms with Gasteiger partial charge in [-0.05, 0) is 60.7 Å². The van der Waals surface area contributed by atoms with Crippen LogP contribution in [-0.4, -0.2) is 57.9 Å². The fraction of sp³-hybridized carbons (Fsp3) is 0.333. The number of imidazole rings is 1. The van der Waals surface area contributed by atoms with Crippen molar-refractivity contribution in [3.8, 4) is 0 Å². The van der Waals surface area contributed by atoms with Crippen LogP contribution >= 0.6 is 0 Å². The van der Waals surface area contributed by atoms with E-state index in [0.717, 1.165) is 59.2 Å². The number of piperidine rings is 1. The molecule has 4 N–H and O–H groups in total. The van der Waals surface area contributed by atoms with Crippen LogP contribution in [0.25, 0.3) is 11.0 Å². The lowest BCUT2D eigenvalue weighted by molar-refractivity contribution is -0.264. The van der Waals surface area contributed by atoms with Crippen LogP contribution in [-0.2, 0) is 16.1 Å². The highest BCUT2D eigenvalue weighted by Gasteiger charge is 2.43. The number of anilines is 1. The van der Waals surface area contributed by atoms with Gasteiger partial charge in [-0.2, -0.15) is 0 Å². The molecule has 7 rings (SSSR count). The van der Waals surface area contributed by atoms with E-state index in [-0.39, 0.29) is 42.5 Å². The van der Waals surface area contributed by atoms with E-state index < -0.39 is 6.29 Å². The van der Waals surface area contributed by atoms with Crippen molar-refractivity contribution in [1.29, 1.82) is 0 Å². The first-order valence-electron chi connectivity index (χ1n) is 17.1. The summed E-state index contributed by atoms with van der Waals surface area (Å²) in [7, 11) is 0. The fourth-order valence-electron chi connectivity index (χ4n) is 7.32. The number of nitrogens with zero attached hydrogens (tertiary/aromatic N) is 2. The lowest BCUT2D eigenvalue weighted by atomic mass is 9.83. The summed E-state index contributed by atoms with van der Waals surface area (Å²) in [4.78, 5) is 30.7. The van der Waals surface area contributed by atoms with Gasteiger partial charge in [0.2, 0.25) is 0 Å². The number of hydrogen-bond donors (Lipinski definition) is 4. The monoisotopic (exact) mass is 661 g/mol. The van der Waals surface area contributed by atoms with Crippen LogP contribution in [0, 0.1) is 0 Å². The summed E-state index contributed by atoms with van der Waals surface area (Å²) < 4.78 is 15.7. The van der Waals surface area contributed by atoms with Crippen LogP contribution in [0.5, 0.6) is 0 Å². The minimum absolute atomic E-state index is 0.0334. The number of amides is 2. The Kier molecular flexibility index (Phi) is 9.90. The molecule has 2 fully saturated rings. The van der Waals surface area contributed by atoms with Crippen molar-refractivity contribution in [3.05, 3.63) is 136 Å². The van der Waals surface area contributed by atoms with E-state index >= 15 is 0 Å². The van der Waals surface area contributed by atoms with E-state index in [1.807, 2.05) is 102 Å². The summed E-state index contributed by atoms with van der Waals surface area (Å²) >= 11 is 0. The van der Waals surface area contributed by atoms with Gasteiger partial charge in [0.25, 0.3) is 0 Å². The highest BCUT2D eigenvalue weighted by molar-refractivity contribution is 5.89. The third-order valence-electron chi connectivity index (χ3n) is 9.71. The van der Waals surface area contributed by atoms with Gasteiger partial charge in [0.05, 0.1) is 29.8 Å². The van der Waals surface area contributed by atoms with Crippen molar-refractivity contribution in [2.75, 3.05) is 31.5 Å². The summed E-state index contributed by atoms with van der Waals surface area (Å²) in [6.45, 7) is 4.69. The van der Waals surface area contributed by atoms with E-state index in [2.05, 4.69) is 32.7 Å². The molecule has 5 aromatic rings. The second-order valence-electron chi connectivity index (χ2n) is 12.9. The van der Waals surface area contributed by atoms with E-state index in [1.54, 1.807) is 0 Å². The van der Waals surface area contributed by atoms with Crippen LogP contribution in [0.3, 0.4) is 0 Å². The van der Waals surface area contributed by atoms with Gasteiger partial charge in [0.15, 0.2) is 6.29 Å². The number of urea groups is 1. The number of carbonyl (C=O) groups excluding carboxylic acids is 1. The fourth-order valence-corrected chi connectivity index (χ4v) is 7.32. The maximum absolute atomic E-state index is 13.0. The number of likely N-dealkylation sites (tertiary alicyclic amines) is 1. The molecular weight excluding hydrogens is 618 g/mol. The minimum Gasteiger partial charge on any atom is -0.392 e. The zero-order valence-electron chi connectivity index (χ0n) is 27.6. The molecule has 10 nitrogen and oxygen atoms in total. The van der Waals surface area contributed by atoms with Crippen LogP contribution < -0.4 is 16.3 Å². The first kappa shape index (κ1) is 32.8. The number of benzene rings is 4. The summed E-state index contributed by atoms with van der Waals surface area (Å²) in [5.74, 6) is -0.122. The maximum atomic E-state index is 13.0. The number of aliphatic hydroxyl groups is 1. The molecule has 0 spiro atoms. The number of fused-ring (bicyclic) bond motifs is 1. The van der Waals surface area contributed by atoms with Gasteiger partial charge in [-0.15, -0.1) is 0 Å². The van der Waals surface area contributed by atoms with Gasteiger partial charge in [-0.3, -0.25) is 4.57 Å². The molecule has 4 unspecified atom stereocenters. The summed E-state index contributed by atoms with van der Waals surface area (Å²) in [5.41, 5.74) is 6.17. The molecule has 0 saturated carbocycles. The van der Waals surface area contributed by atoms with Crippen LogP contribution in [0.2, 0.25) is 0 Å². The van der Waals surface area contributed by atoms with Crippen molar-refractivity contribution in [2.45, 2.75) is 56.8 Å². The van der Waals surface area contributed by atoms with Crippen molar-refractivity contribution < 1.29 is 19.4 Å². The molecule has 49 heavy (non-hydrogen) atoms. The Morgan fingerprint density at radius 3 is 2.37 bits per heavy atom. The van der Waals surface area contributed by atoms with Crippen molar-refractivity contribution in [1.82, 2.24) is 19.8 Å². The predicted octanol–water partition coefficient (Wildman–Crippen LogP) is 6.24. The topological polar surface area (TPSA) is 121 Å². The van der Waals surface area contributed by atoms with Gasteiger partial charge in [0.1, 0.15) is 0 Å². The lowest BCUT2D eigenvalue weighted by Crippen LogP contribution is -2.47. The summed E-state index contributed by atoms with van der Waals surface area (Å²) in [6, 6.07) is 33.6. The molecule has 2 aliphatic heterocycles. The molecule has 2 saturated heterocycles. The Morgan fingerprint density at radius 1 is 0.878 bits per heavy atom. The van der Waals surface area contributed by atoms with Gasteiger partial charge < -0.3 is 35.1 Å². The maximum Gasteiger partial charge on any atom is 0.326 e. The Labute approximate surface area is 285 Å². The van der Waals surface area contributed by atoms with Gasteiger partial charge >= 0.3 is 11.7 Å². The smallest absolute Gasteiger partial charge is 0.326 e. The number of nitrogens with one attached hydrogen (secondary N) is 3. The molecular formula is C39H43N5O5. The first-order valence-corrected chi connectivity index (χ1v) is 17.1. The predicted molar refractivity (Wildman–Crippen MR) is 189 cm³/mol. The molecule has 2 amide bonds. The minimum atomic E-state index is -0.689. The average Bonchev–Trinajstić information content (AvgIpc) is 3.48. The molecule has 1 aromatic heterocycles. The van der Waals surface area contributed by atoms with E-state index in [0.29, 0.717) is 18.8 Å². The molecule has 10 heteroatoms. The van der Waals surface area contributed by atoms with Crippen LogP contribution in [0.1, 0.15) is 66.4 Å². The second-order valence-corrected chi connectivity index (χ2v) is 12.9. The number of hydrogen-bond acceptors (Lipinski definition) is 6. The number of rotatable bonds is 9.